The molecule has 25 heavy (non-hydrogen) atoms. The van der Waals surface area contributed by atoms with Gasteiger partial charge in [-0.2, -0.15) is 0 Å². The zero-order valence-corrected chi connectivity index (χ0v) is 14.5. The van der Waals surface area contributed by atoms with Crippen molar-refractivity contribution in [2.45, 2.75) is 20.5 Å². The number of nitrogens with one attached hydrogen (secondary N) is 1. The summed E-state index contributed by atoms with van der Waals surface area (Å²) in [4.78, 5) is 3.20. The topological polar surface area (TPSA) is 25.0 Å². The first-order valence-corrected chi connectivity index (χ1v) is 8.56. The minimum Gasteiger partial charge on any atom is -0.489 e. The van der Waals surface area contributed by atoms with E-state index >= 15 is 0 Å². The number of benzene rings is 3. The maximum Gasteiger partial charge on any atom is 0.120 e. The van der Waals surface area contributed by atoms with Crippen LogP contribution in [-0.2, 0) is 6.61 Å². The monoisotopic (exact) mass is 327 g/mol. The van der Waals surface area contributed by atoms with Crippen molar-refractivity contribution in [2.24, 2.45) is 0 Å². The molecule has 0 radical (unpaired) electrons. The van der Waals surface area contributed by atoms with Crippen LogP contribution in [0.15, 0.2) is 72.9 Å². The molecule has 4 rings (SSSR count). The van der Waals surface area contributed by atoms with Gasteiger partial charge in [0.2, 0.25) is 0 Å². The van der Waals surface area contributed by atoms with Crippen molar-refractivity contribution in [3.8, 4) is 16.9 Å². The molecule has 0 unspecified atom stereocenters. The Morgan fingerprint density at radius 1 is 0.840 bits per heavy atom. The lowest BCUT2D eigenvalue weighted by Crippen LogP contribution is -1.96. The Labute approximate surface area is 148 Å². The highest BCUT2D eigenvalue weighted by atomic mass is 16.5. The van der Waals surface area contributed by atoms with Gasteiger partial charge in [0, 0.05) is 17.1 Å². The van der Waals surface area contributed by atoms with Crippen LogP contribution in [0.25, 0.3) is 22.0 Å². The van der Waals surface area contributed by atoms with Crippen LogP contribution in [0.2, 0.25) is 0 Å². The molecule has 1 N–H and O–H groups in total. The molecule has 0 aliphatic rings. The minimum absolute atomic E-state index is 0.564. The molecule has 1 aromatic heterocycles. The fourth-order valence-corrected chi connectivity index (χ4v) is 3.37. The Morgan fingerprint density at radius 3 is 2.48 bits per heavy atom. The van der Waals surface area contributed by atoms with Crippen LogP contribution in [0.1, 0.15) is 16.7 Å². The van der Waals surface area contributed by atoms with Crippen molar-refractivity contribution in [3.63, 3.8) is 0 Å². The number of ether oxygens (including phenoxy) is 1. The summed E-state index contributed by atoms with van der Waals surface area (Å²) in [7, 11) is 0. The number of aromatic amines is 1. The van der Waals surface area contributed by atoms with E-state index in [4.69, 9.17) is 4.74 Å². The highest BCUT2D eigenvalue weighted by Gasteiger charge is 2.06. The molecule has 1 heterocycles. The molecule has 0 atom stereocenters. The summed E-state index contributed by atoms with van der Waals surface area (Å²) < 4.78 is 6.01. The smallest absolute Gasteiger partial charge is 0.120 e. The number of aromatic nitrogens is 1. The Bertz CT molecular complexity index is 1010. The second kappa shape index (κ2) is 6.48. The fraction of sp³-hybridized carbons (Fsp3) is 0.130. The summed E-state index contributed by atoms with van der Waals surface area (Å²) in [6.45, 7) is 4.89. The summed E-state index contributed by atoms with van der Waals surface area (Å²) in [6, 6.07) is 23.3. The molecule has 2 nitrogen and oxygen atoms in total. The zero-order chi connectivity index (χ0) is 17.2. The number of hydrogen-bond acceptors (Lipinski definition) is 1. The summed E-state index contributed by atoms with van der Waals surface area (Å²) in [5.74, 6) is 0.893. The van der Waals surface area contributed by atoms with Gasteiger partial charge >= 0.3 is 0 Å². The quantitative estimate of drug-likeness (QED) is 0.486. The van der Waals surface area contributed by atoms with Gasteiger partial charge < -0.3 is 9.72 Å². The first-order chi connectivity index (χ1) is 12.2. The molecule has 2 heteroatoms. The van der Waals surface area contributed by atoms with Crippen LogP contribution in [0, 0.1) is 13.8 Å². The van der Waals surface area contributed by atoms with E-state index in [0.29, 0.717) is 6.61 Å². The minimum atomic E-state index is 0.564. The number of fused-ring (bicyclic) bond motifs is 1. The van der Waals surface area contributed by atoms with E-state index in [2.05, 4.69) is 79.5 Å². The molecular weight excluding hydrogens is 306 g/mol. The average Bonchev–Trinajstić information content (AvgIpc) is 3.08. The standard InChI is InChI=1S/C23H21NO/c1-16-5-3-6-17(2)23(16)20-8-4-7-18(13-20)15-25-21-9-10-22-19(14-21)11-12-24-22/h3-14,24H,15H2,1-2H3. The number of H-pyrrole nitrogens is 1. The van der Waals surface area contributed by atoms with Gasteiger partial charge in [-0.1, -0.05) is 36.4 Å². The summed E-state index contributed by atoms with van der Waals surface area (Å²) in [5, 5.41) is 1.17. The molecular formula is C23H21NO. The van der Waals surface area contributed by atoms with Crippen LogP contribution >= 0.6 is 0 Å². The number of rotatable bonds is 4. The molecule has 0 saturated heterocycles. The second-order valence-electron chi connectivity index (χ2n) is 6.48. The normalized spacial score (nSPS) is 11.0. The average molecular weight is 327 g/mol. The lowest BCUT2D eigenvalue weighted by molar-refractivity contribution is 0.306. The van der Waals surface area contributed by atoms with Crippen LogP contribution in [0.3, 0.4) is 0 Å². The van der Waals surface area contributed by atoms with E-state index < -0.39 is 0 Å². The third kappa shape index (κ3) is 3.16. The van der Waals surface area contributed by atoms with Gasteiger partial charge in [-0.15, -0.1) is 0 Å². The van der Waals surface area contributed by atoms with Gasteiger partial charge in [0.25, 0.3) is 0 Å². The molecule has 0 fully saturated rings. The van der Waals surface area contributed by atoms with E-state index in [1.165, 1.54) is 33.2 Å². The van der Waals surface area contributed by atoms with Crippen molar-refractivity contribution in [1.82, 2.24) is 4.98 Å². The third-order valence-electron chi connectivity index (χ3n) is 4.63. The molecule has 124 valence electrons. The van der Waals surface area contributed by atoms with E-state index in [9.17, 15) is 0 Å². The Balaban J connectivity index is 1.57. The number of aryl methyl sites for hydroxylation is 2. The summed E-state index contributed by atoms with van der Waals surface area (Å²) in [6.07, 6.45) is 1.95. The van der Waals surface area contributed by atoms with Crippen LogP contribution in [0.4, 0.5) is 0 Å². The highest BCUT2D eigenvalue weighted by molar-refractivity contribution is 5.80. The highest BCUT2D eigenvalue weighted by Crippen LogP contribution is 2.28. The van der Waals surface area contributed by atoms with Crippen molar-refractivity contribution in [2.75, 3.05) is 0 Å². The van der Waals surface area contributed by atoms with Gasteiger partial charge in [-0.25, -0.2) is 0 Å². The Kier molecular flexibility index (Phi) is 4.02. The molecule has 0 bridgehead atoms. The SMILES string of the molecule is Cc1cccc(C)c1-c1cccc(COc2ccc3[nH]ccc3c2)c1. The predicted molar refractivity (Wildman–Crippen MR) is 104 cm³/mol. The molecule has 0 amide bonds. The van der Waals surface area contributed by atoms with Crippen molar-refractivity contribution in [1.29, 1.82) is 0 Å². The maximum absolute atomic E-state index is 6.01. The van der Waals surface area contributed by atoms with Crippen LogP contribution in [-0.4, -0.2) is 4.98 Å². The fourth-order valence-electron chi connectivity index (χ4n) is 3.37. The predicted octanol–water partition coefficient (Wildman–Crippen LogP) is 6.03. The molecule has 0 aliphatic heterocycles. The van der Waals surface area contributed by atoms with E-state index in [1.807, 2.05) is 12.3 Å². The molecule has 0 aliphatic carbocycles. The van der Waals surface area contributed by atoms with E-state index in [1.54, 1.807) is 0 Å². The van der Waals surface area contributed by atoms with Gasteiger partial charge in [0.15, 0.2) is 0 Å². The van der Waals surface area contributed by atoms with Gasteiger partial charge in [-0.3, -0.25) is 0 Å². The van der Waals surface area contributed by atoms with Gasteiger partial charge in [0.05, 0.1) is 0 Å². The third-order valence-corrected chi connectivity index (χ3v) is 4.63. The molecule has 3 aromatic carbocycles. The van der Waals surface area contributed by atoms with E-state index in [0.717, 1.165) is 11.3 Å². The van der Waals surface area contributed by atoms with E-state index in [-0.39, 0.29) is 0 Å². The largest absolute Gasteiger partial charge is 0.489 e. The molecule has 0 spiro atoms. The van der Waals surface area contributed by atoms with Crippen LogP contribution < -0.4 is 4.74 Å². The van der Waals surface area contributed by atoms with Crippen molar-refractivity contribution in [3.05, 3.63) is 89.6 Å². The number of hydrogen-bond donors (Lipinski definition) is 1. The van der Waals surface area contributed by atoms with Crippen molar-refractivity contribution < 1.29 is 4.74 Å². The zero-order valence-electron chi connectivity index (χ0n) is 14.5. The lowest BCUT2D eigenvalue weighted by atomic mass is 9.95. The van der Waals surface area contributed by atoms with Crippen molar-refractivity contribution >= 4 is 10.9 Å². The van der Waals surface area contributed by atoms with Crippen LogP contribution in [0.5, 0.6) is 5.75 Å². The first-order valence-electron chi connectivity index (χ1n) is 8.56. The lowest BCUT2D eigenvalue weighted by Gasteiger charge is -2.12. The maximum atomic E-state index is 6.01. The molecule has 0 saturated carbocycles. The Morgan fingerprint density at radius 2 is 1.64 bits per heavy atom. The van der Waals surface area contributed by atoms with Gasteiger partial charge in [-0.05, 0) is 72.0 Å². The summed E-state index contributed by atoms with van der Waals surface area (Å²) >= 11 is 0. The van der Waals surface area contributed by atoms with Gasteiger partial charge in [0.1, 0.15) is 12.4 Å². The summed E-state index contributed by atoms with van der Waals surface area (Å²) in [5.41, 5.74) is 7.47. The Hall–Kier alpha value is -3.00. The molecule has 4 aromatic rings. The second-order valence-corrected chi connectivity index (χ2v) is 6.48. The first kappa shape index (κ1) is 15.5.